The van der Waals surface area contributed by atoms with Gasteiger partial charge in [-0.1, -0.05) is 62.5 Å². The minimum absolute atomic E-state index is 0.0996. The van der Waals surface area contributed by atoms with E-state index in [9.17, 15) is 9.59 Å². The fourth-order valence-electron chi connectivity index (χ4n) is 2.81. The minimum Gasteiger partial charge on any atom is -0.497 e. The molecular formula is C21H30N4O3S. The Morgan fingerprint density at radius 2 is 1.90 bits per heavy atom. The summed E-state index contributed by atoms with van der Waals surface area (Å²) in [5.74, 6) is 0.317. The van der Waals surface area contributed by atoms with Gasteiger partial charge in [0.25, 0.3) is 0 Å². The second-order valence-corrected chi connectivity index (χ2v) is 7.92. The average molecular weight is 419 g/mol. The lowest BCUT2D eigenvalue weighted by Gasteiger charge is -2.12. The highest BCUT2D eigenvalue weighted by molar-refractivity contribution is 7.18. The van der Waals surface area contributed by atoms with E-state index in [1.807, 2.05) is 24.3 Å². The van der Waals surface area contributed by atoms with Crippen molar-refractivity contribution < 1.29 is 14.3 Å². The number of methoxy groups -OCH3 is 1. The first-order valence-corrected chi connectivity index (χ1v) is 10.9. The van der Waals surface area contributed by atoms with Crippen molar-refractivity contribution in [3.63, 3.8) is 0 Å². The fourth-order valence-corrected chi connectivity index (χ4v) is 3.55. The van der Waals surface area contributed by atoms with E-state index in [2.05, 4.69) is 27.8 Å². The molecule has 1 atom stereocenters. The lowest BCUT2D eigenvalue weighted by atomic mass is 10.1. The smallest absolute Gasteiger partial charge is 0.248 e. The molecule has 2 amide bonds. The number of nitrogens with one attached hydrogen (secondary N) is 2. The van der Waals surface area contributed by atoms with Crippen LogP contribution in [0.5, 0.6) is 5.75 Å². The number of rotatable bonds is 12. The van der Waals surface area contributed by atoms with Gasteiger partial charge >= 0.3 is 0 Å². The Hall–Kier alpha value is -2.48. The molecule has 2 N–H and O–H groups in total. The van der Waals surface area contributed by atoms with Crippen LogP contribution in [-0.4, -0.2) is 35.2 Å². The molecule has 0 saturated carbocycles. The van der Waals surface area contributed by atoms with E-state index in [4.69, 9.17) is 4.74 Å². The molecule has 2 aromatic rings. The molecule has 0 fully saturated rings. The molecule has 1 unspecified atom stereocenters. The summed E-state index contributed by atoms with van der Waals surface area (Å²) >= 11 is 1.27. The number of carbonyl (C=O) groups is 2. The summed E-state index contributed by atoms with van der Waals surface area (Å²) in [5, 5.41) is 14.7. The van der Waals surface area contributed by atoms with Crippen molar-refractivity contribution in [3.05, 3.63) is 24.3 Å². The van der Waals surface area contributed by atoms with Crippen molar-refractivity contribution in [2.75, 3.05) is 12.4 Å². The maximum absolute atomic E-state index is 12.3. The number of hydrogen-bond acceptors (Lipinski definition) is 6. The summed E-state index contributed by atoms with van der Waals surface area (Å²) < 4.78 is 5.21. The van der Waals surface area contributed by atoms with Gasteiger partial charge in [0, 0.05) is 12.0 Å². The number of hydrogen-bond donors (Lipinski definition) is 2. The van der Waals surface area contributed by atoms with Gasteiger partial charge in [-0.15, -0.1) is 10.2 Å². The first kappa shape index (κ1) is 22.8. The van der Waals surface area contributed by atoms with E-state index in [0.717, 1.165) is 30.6 Å². The van der Waals surface area contributed by atoms with Crippen LogP contribution in [0, 0.1) is 0 Å². The third-order valence-electron chi connectivity index (χ3n) is 4.50. The zero-order chi connectivity index (χ0) is 21.1. The number of amides is 2. The van der Waals surface area contributed by atoms with Crippen LogP contribution in [0.3, 0.4) is 0 Å². The Kier molecular flexibility index (Phi) is 9.56. The summed E-state index contributed by atoms with van der Waals surface area (Å²) in [7, 11) is 1.60. The van der Waals surface area contributed by atoms with Gasteiger partial charge in [-0.05, 0) is 25.5 Å². The van der Waals surface area contributed by atoms with Crippen LogP contribution in [0.25, 0.3) is 10.6 Å². The predicted molar refractivity (Wildman–Crippen MR) is 116 cm³/mol. The highest BCUT2D eigenvalue weighted by atomic mass is 32.1. The van der Waals surface area contributed by atoms with Gasteiger partial charge in [0.05, 0.1) is 7.11 Å². The highest BCUT2D eigenvalue weighted by Crippen LogP contribution is 2.28. The highest BCUT2D eigenvalue weighted by Gasteiger charge is 2.17. The second kappa shape index (κ2) is 12.2. The van der Waals surface area contributed by atoms with Gasteiger partial charge in [0.2, 0.25) is 16.9 Å². The van der Waals surface area contributed by atoms with Crippen LogP contribution in [0.2, 0.25) is 0 Å². The van der Waals surface area contributed by atoms with Crippen molar-refractivity contribution in [2.45, 2.75) is 64.8 Å². The van der Waals surface area contributed by atoms with E-state index in [0.29, 0.717) is 16.6 Å². The molecule has 2 rings (SSSR count). The number of benzene rings is 1. The van der Waals surface area contributed by atoms with Gasteiger partial charge in [0.1, 0.15) is 16.8 Å². The number of anilines is 1. The number of carbonyl (C=O) groups excluding carboxylic acids is 2. The molecule has 29 heavy (non-hydrogen) atoms. The standard InChI is InChI=1S/C21H30N4O3S/c1-4-5-6-7-8-9-13-18(26)22-15(2)19(27)23-21-25-24-20(29-21)16-11-10-12-17(14-16)28-3/h10-12,14-15H,4-9,13H2,1-3H3,(H,22,26)(H,23,25,27). The van der Waals surface area contributed by atoms with Gasteiger partial charge in [-0.2, -0.15) is 0 Å². The lowest BCUT2D eigenvalue weighted by molar-refractivity contribution is -0.126. The Morgan fingerprint density at radius 1 is 1.14 bits per heavy atom. The Morgan fingerprint density at radius 3 is 2.66 bits per heavy atom. The van der Waals surface area contributed by atoms with Crippen LogP contribution in [0.15, 0.2) is 24.3 Å². The predicted octanol–water partition coefficient (Wildman–Crippen LogP) is 4.41. The summed E-state index contributed by atoms with van der Waals surface area (Å²) in [6, 6.07) is 6.85. The summed E-state index contributed by atoms with van der Waals surface area (Å²) in [5.41, 5.74) is 0.864. The lowest BCUT2D eigenvalue weighted by Crippen LogP contribution is -2.41. The van der Waals surface area contributed by atoms with Gasteiger partial charge in [0.15, 0.2) is 0 Å². The van der Waals surface area contributed by atoms with Crippen LogP contribution >= 0.6 is 11.3 Å². The van der Waals surface area contributed by atoms with Crippen LogP contribution in [0.4, 0.5) is 5.13 Å². The zero-order valence-electron chi connectivity index (χ0n) is 17.4. The molecule has 0 saturated heterocycles. The third kappa shape index (κ3) is 7.81. The molecule has 0 aliphatic rings. The normalized spacial score (nSPS) is 11.7. The van der Waals surface area contributed by atoms with Crippen LogP contribution < -0.4 is 15.4 Å². The zero-order valence-corrected chi connectivity index (χ0v) is 18.2. The van der Waals surface area contributed by atoms with Crippen LogP contribution in [0.1, 0.15) is 58.8 Å². The molecule has 1 heterocycles. The third-order valence-corrected chi connectivity index (χ3v) is 5.39. The molecule has 0 radical (unpaired) electrons. The van der Waals surface area contributed by atoms with Crippen molar-refractivity contribution in [1.82, 2.24) is 15.5 Å². The molecule has 7 nitrogen and oxygen atoms in total. The van der Waals surface area contributed by atoms with E-state index >= 15 is 0 Å². The first-order chi connectivity index (χ1) is 14.0. The molecule has 158 valence electrons. The number of aromatic nitrogens is 2. The Bertz CT molecular complexity index is 794. The Labute approximate surface area is 176 Å². The van der Waals surface area contributed by atoms with E-state index in [-0.39, 0.29) is 11.8 Å². The largest absolute Gasteiger partial charge is 0.497 e. The maximum Gasteiger partial charge on any atom is 0.248 e. The molecule has 8 heteroatoms. The van der Waals surface area contributed by atoms with E-state index in [1.165, 1.54) is 30.6 Å². The molecular weight excluding hydrogens is 388 g/mol. The number of ether oxygens (including phenoxy) is 1. The topological polar surface area (TPSA) is 93.2 Å². The molecule has 0 bridgehead atoms. The van der Waals surface area contributed by atoms with Crippen molar-refractivity contribution in [3.8, 4) is 16.3 Å². The SMILES string of the molecule is CCCCCCCCC(=O)NC(C)C(=O)Nc1nnc(-c2cccc(OC)c2)s1. The molecule has 0 aliphatic carbocycles. The summed E-state index contributed by atoms with van der Waals surface area (Å²) in [6.07, 6.45) is 7.18. The van der Waals surface area contributed by atoms with Crippen molar-refractivity contribution in [2.24, 2.45) is 0 Å². The number of unbranched alkanes of at least 4 members (excludes halogenated alkanes) is 5. The molecule has 1 aromatic carbocycles. The molecule has 1 aromatic heterocycles. The monoisotopic (exact) mass is 418 g/mol. The Balaban J connectivity index is 1.78. The molecule has 0 aliphatic heterocycles. The quantitative estimate of drug-likeness (QED) is 0.498. The van der Waals surface area contributed by atoms with Crippen molar-refractivity contribution >= 4 is 28.3 Å². The van der Waals surface area contributed by atoms with Crippen molar-refractivity contribution in [1.29, 1.82) is 0 Å². The van der Waals surface area contributed by atoms with Gasteiger partial charge in [-0.3, -0.25) is 14.9 Å². The minimum atomic E-state index is -0.633. The summed E-state index contributed by atoms with van der Waals surface area (Å²) in [4.78, 5) is 24.4. The van der Waals surface area contributed by atoms with Gasteiger partial charge in [-0.25, -0.2) is 0 Å². The first-order valence-electron chi connectivity index (χ1n) is 10.1. The molecule has 0 spiro atoms. The van der Waals surface area contributed by atoms with E-state index in [1.54, 1.807) is 14.0 Å². The fraction of sp³-hybridized carbons (Fsp3) is 0.524. The number of nitrogens with zero attached hydrogens (tertiary/aromatic N) is 2. The summed E-state index contributed by atoms with van der Waals surface area (Å²) in [6.45, 7) is 3.85. The maximum atomic E-state index is 12.3. The second-order valence-electron chi connectivity index (χ2n) is 6.94. The van der Waals surface area contributed by atoms with Crippen LogP contribution in [-0.2, 0) is 9.59 Å². The van der Waals surface area contributed by atoms with E-state index < -0.39 is 6.04 Å². The van der Waals surface area contributed by atoms with Gasteiger partial charge < -0.3 is 10.1 Å². The average Bonchev–Trinajstić information content (AvgIpc) is 3.19.